The molecular weight excluding hydrogens is 302 g/mol. The van der Waals surface area contributed by atoms with Gasteiger partial charge in [-0.2, -0.15) is 0 Å². The maximum atomic E-state index is 5.47. The maximum absolute atomic E-state index is 5.47. The summed E-state index contributed by atoms with van der Waals surface area (Å²) < 4.78 is 5.47. The van der Waals surface area contributed by atoms with Gasteiger partial charge in [0, 0.05) is 43.7 Å². The molecule has 2 aliphatic rings. The van der Waals surface area contributed by atoms with Gasteiger partial charge >= 0.3 is 0 Å². The van der Waals surface area contributed by atoms with Crippen LogP contribution in [-0.2, 0) is 4.74 Å². The summed E-state index contributed by atoms with van der Waals surface area (Å²) in [6.07, 6.45) is 2.43. The van der Waals surface area contributed by atoms with Gasteiger partial charge in [0.05, 0.1) is 18.9 Å². The Morgan fingerprint density at radius 3 is 2.83 bits per heavy atom. The molecule has 2 N–H and O–H groups in total. The van der Waals surface area contributed by atoms with Crippen molar-refractivity contribution in [3.05, 3.63) is 17.6 Å². The number of piperidine rings is 1. The Hall–Kier alpha value is -1.24. The lowest BCUT2D eigenvalue weighted by atomic mass is 9.96. The molecule has 1 aromatic heterocycles. The summed E-state index contributed by atoms with van der Waals surface area (Å²) in [7, 11) is 0. The summed E-state index contributed by atoms with van der Waals surface area (Å²) >= 11 is 0. The molecule has 1 aromatic rings. The fourth-order valence-electron chi connectivity index (χ4n) is 3.58. The maximum Gasteiger partial charge on any atom is 0.129 e. The number of aromatic nitrogens is 2. The van der Waals surface area contributed by atoms with E-state index in [4.69, 9.17) is 4.74 Å². The Kier molecular flexibility index (Phi) is 5.69. The second-order valence-electron chi connectivity index (χ2n) is 7.53. The van der Waals surface area contributed by atoms with Crippen LogP contribution < -0.4 is 10.6 Å². The number of hydrogen-bond donors (Lipinski definition) is 2. The van der Waals surface area contributed by atoms with E-state index in [2.05, 4.69) is 45.4 Å². The van der Waals surface area contributed by atoms with E-state index in [0.717, 1.165) is 57.6 Å². The molecule has 134 valence electrons. The van der Waals surface area contributed by atoms with Crippen LogP contribution in [-0.4, -0.2) is 66.3 Å². The SMILES string of the molecule is Cc1nc(NCC(C)(C)N2CCOCC2)cc([C@H]2CCCNC2)n1. The topological polar surface area (TPSA) is 62.3 Å². The van der Waals surface area contributed by atoms with Gasteiger partial charge < -0.3 is 15.4 Å². The molecule has 2 fully saturated rings. The molecule has 0 bridgehead atoms. The van der Waals surface area contributed by atoms with E-state index in [-0.39, 0.29) is 5.54 Å². The van der Waals surface area contributed by atoms with Crippen molar-refractivity contribution in [2.45, 2.75) is 45.1 Å². The van der Waals surface area contributed by atoms with Crippen LogP contribution in [0.5, 0.6) is 0 Å². The highest BCUT2D eigenvalue weighted by atomic mass is 16.5. The monoisotopic (exact) mass is 333 g/mol. The number of ether oxygens (including phenoxy) is 1. The molecular formula is C18H31N5O. The lowest BCUT2D eigenvalue weighted by Crippen LogP contribution is -2.53. The molecule has 3 heterocycles. The highest BCUT2D eigenvalue weighted by Gasteiger charge is 2.28. The highest BCUT2D eigenvalue weighted by molar-refractivity contribution is 5.38. The summed E-state index contributed by atoms with van der Waals surface area (Å²) in [5.41, 5.74) is 1.25. The zero-order valence-corrected chi connectivity index (χ0v) is 15.3. The normalized spacial score (nSPS) is 23.2. The summed E-state index contributed by atoms with van der Waals surface area (Å²) in [5, 5.41) is 7.02. The van der Waals surface area contributed by atoms with E-state index in [9.17, 15) is 0 Å². The van der Waals surface area contributed by atoms with Crippen LogP contribution in [0.3, 0.4) is 0 Å². The molecule has 3 rings (SSSR count). The number of nitrogens with zero attached hydrogens (tertiary/aromatic N) is 3. The van der Waals surface area contributed by atoms with Crippen molar-refractivity contribution in [3.8, 4) is 0 Å². The number of hydrogen-bond acceptors (Lipinski definition) is 6. The van der Waals surface area contributed by atoms with Crippen molar-refractivity contribution in [1.82, 2.24) is 20.2 Å². The zero-order chi connectivity index (χ0) is 17.0. The number of nitrogens with one attached hydrogen (secondary N) is 2. The van der Waals surface area contributed by atoms with Gasteiger partial charge in [-0.1, -0.05) is 0 Å². The Balaban J connectivity index is 1.64. The van der Waals surface area contributed by atoms with Gasteiger partial charge in [-0.05, 0) is 40.2 Å². The summed E-state index contributed by atoms with van der Waals surface area (Å²) in [6.45, 7) is 13.2. The molecule has 2 aliphatic heterocycles. The van der Waals surface area contributed by atoms with Crippen LogP contribution in [0.1, 0.15) is 44.1 Å². The lowest BCUT2D eigenvalue weighted by Gasteiger charge is -2.41. The minimum Gasteiger partial charge on any atom is -0.379 e. The van der Waals surface area contributed by atoms with Crippen LogP contribution in [0, 0.1) is 6.92 Å². The van der Waals surface area contributed by atoms with Gasteiger partial charge in [-0.3, -0.25) is 4.90 Å². The Morgan fingerprint density at radius 2 is 2.12 bits per heavy atom. The predicted octanol–water partition coefficient (Wildman–Crippen LogP) is 1.77. The largest absolute Gasteiger partial charge is 0.379 e. The third-order valence-corrected chi connectivity index (χ3v) is 5.14. The van der Waals surface area contributed by atoms with Crippen molar-refractivity contribution in [2.75, 3.05) is 51.3 Å². The summed E-state index contributed by atoms with van der Waals surface area (Å²) in [5.74, 6) is 2.31. The van der Waals surface area contributed by atoms with Crippen LogP contribution in [0.25, 0.3) is 0 Å². The van der Waals surface area contributed by atoms with Crippen molar-refractivity contribution in [1.29, 1.82) is 0 Å². The smallest absolute Gasteiger partial charge is 0.129 e. The summed E-state index contributed by atoms with van der Waals surface area (Å²) in [6, 6.07) is 2.14. The first-order valence-corrected chi connectivity index (χ1v) is 9.17. The van der Waals surface area contributed by atoms with Crippen molar-refractivity contribution in [2.24, 2.45) is 0 Å². The second kappa shape index (κ2) is 7.76. The number of aryl methyl sites for hydroxylation is 1. The number of morpholine rings is 1. The molecule has 6 heteroatoms. The number of anilines is 1. The third-order valence-electron chi connectivity index (χ3n) is 5.14. The van der Waals surface area contributed by atoms with Gasteiger partial charge in [0.25, 0.3) is 0 Å². The molecule has 6 nitrogen and oxygen atoms in total. The van der Waals surface area contributed by atoms with E-state index in [0.29, 0.717) is 5.92 Å². The average Bonchev–Trinajstić information content (AvgIpc) is 2.61. The van der Waals surface area contributed by atoms with Crippen molar-refractivity contribution < 1.29 is 4.74 Å². The first-order valence-electron chi connectivity index (χ1n) is 9.17. The van der Waals surface area contributed by atoms with E-state index in [1.54, 1.807) is 0 Å². The molecule has 0 unspecified atom stereocenters. The van der Waals surface area contributed by atoms with E-state index >= 15 is 0 Å². The number of rotatable bonds is 5. The van der Waals surface area contributed by atoms with Crippen LogP contribution in [0.4, 0.5) is 5.82 Å². The van der Waals surface area contributed by atoms with Crippen LogP contribution in [0.2, 0.25) is 0 Å². The highest BCUT2D eigenvalue weighted by Crippen LogP contribution is 2.24. The first-order chi connectivity index (χ1) is 11.5. The molecule has 0 saturated carbocycles. The molecule has 0 aromatic carbocycles. The molecule has 24 heavy (non-hydrogen) atoms. The standard InChI is InChI=1S/C18H31N5O/c1-14-21-16(15-5-4-6-19-12-15)11-17(22-14)20-13-18(2,3)23-7-9-24-10-8-23/h11,15,19H,4-10,12-13H2,1-3H3,(H,20,21,22)/t15-/m0/s1. The van der Waals surface area contributed by atoms with Gasteiger partial charge in [0.2, 0.25) is 0 Å². The molecule has 1 atom stereocenters. The summed E-state index contributed by atoms with van der Waals surface area (Å²) in [4.78, 5) is 11.8. The fourth-order valence-corrected chi connectivity index (χ4v) is 3.58. The molecule has 2 saturated heterocycles. The quantitative estimate of drug-likeness (QED) is 0.856. The van der Waals surface area contributed by atoms with Gasteiger partial charge in [-0.25, -0.2) is 9.97 Å². The fraction of sp³-hybridized carbons (Fsp3) is 0.778. The Bertz CT molecular complexity index is 536. The van der Waals surface area contributed by atoms with Crippen molar-refractivity contribution in [3.63, 3.8) is 0 Å². The van der Waals surface area contributed by atoms with Crippen LogP contribution in [0.15, 0.2) is 6.07 Å². The zero-order valence-electron chi connectivity index (χ0n) is 15.3. The molecule has 0 spiro atoms. The second-order valence-corrected chi connectivity index (χ2v) is 7.53. The minimum absolute atomic E-state index is 0.0786. The van der Waals surface area contributed by atoms with Gasteiger partial charge in [-0.15, -0.1) is 0 Å². The molecule has 0 amide bonds. The Morgan fingerprint density at radius 1 is 1.33 bits per heavy atom. The molecule has 0 aliphatic carbocycles. The predicted molar refractivity (Wildman–Crippen MR) is 96.6 cm³/mol. The Labute approximate surface area is 145 Å². The first kappa shape index (κ1) is 17.6. The molecule has 0 radical (unpaired) electrons. The van der Waals surface area contributed by atoms with Gasteiger partial charge in [0.15, 0.2) is 0 Å². The van der Waals surface area contributed by atoms with E-state index in [1.165, 1.54) is 18.5 Å². The third kappa shape index (κ3) is 4.43. The van der Waals surface area contributed by atoms with Gasteiger partial charge in [0.1, 0.15) is 11.6 Å². The lowest BCUT2D eigenvalue weighted by molar-refractivity contribution is -0.00570. The minimum atomic E-state index is 0.0786. The van der Waals surface area contributed by atoms with Crippen LogP contribution >= 0.6 is 0 Å². The van der Waals surface area contributed by atoms with Crippen molar-refractivity contribution >= 4 is 5.82 Å². The average molecular weight is 333 g/mol. The van der Waals surface area contributed by atoms with E-state index < -0.39 is 0 Å². The van der Waals surface area contributed by atoms with E-state index in [1.807, 2.05) is 6.92 Å².